The van der Waals surface area contributed by atoms with Crippen molar-refractivity contribution >= 4 is 23.7 Å². The summed E-state index contributed by atoms with van der Waals surface area (Å²) in [7, 11) is 0. The van der Waals surface area contributed by atoms with Crippen molar-refractivity contribution in [2.24, 2.45) is 23.7 Å². The van der Waals surface area contributed by atoms with Crippen LogP contribution in [0.1, 0.15) is 70.6 Å². The Morgan fingerprint density at radius 3 is 1.74 bits per heavy atom. The number of carbonyl (C=O) groups excluding carboxylic acids is 2. The molecule has 2 saturated carbocycles. The molecular weight excluding hydrogens is 352 g/mol. The molecule has 0 bridgehead atoms. The first kappa shape index (κ1) is 21.4. The van der Waals surface area contributed by atoms with Gasteiger partial charge in [0.25, 0.3) is 0 Å². The summed E-state index contributed by atoms with van der Waals surface area (Å²) in [6.07, 6.45) is 7.03. The van der Waals surface area contributed by atoms with Crippen LogP contribution in [-0.2, 0) is 23.9 Å². The zero-order valence-electron chi connectivity index (χ0n) is 15.7. The van der Waals surface area contributed by atoms with Crippen molar-refractivity contribution in [3.05, 3.63) is 0 Å². The number of aliphatic carboxylic acids is 2. The lowest BCUT2D eigenvalue weighted by atomic mass is 9.76. The van der Waals surface area contributed by atoms with Crippen LogP contribution in [0.3, 0.4) is 0 Å². The molecule has 152 valence electrons. The average molecular weight is 382 g/mol. The van der Waals surface area contributed by atoms with E-state index in [0.717, 1.165) is 25.7 Å². The van der Waals surface area contributed by atoms with Crippen LogP contribution < -0.4 is 0 Å². The summed E-state index contributed by atoms with van der Waals surface area (Å²) in [6.45, 7) is 0.169. The maximum absolute atomic E-state index is 12.3. The molecule has 4 unspecified atom stereocenters. The lowest BCUT2D eigenvalue weighted by Crippen LogP contribution is -2.34. The minimum atomic E-state index is -0.942. The van der Waals surface area contributed by atoms with Crippen LogP contribution in [-0.4, -0.2) is 40.5 Å². The van der Waals surface area contributed by atoms with Gasteiger partial charge < -0.3 is 14.9 Å². The number of unbranched alkanes of at least 4 members (excludes halogenated alkanes) is 1. The summed E-state index contributed by atoms with van der Waals surface area (Å²) in [5.41, 5.74) is 0. The molecule has 2 aliphatic rings. The van der Waals surface area contributed by atoms with Crippen LogP contribution >= 0.6 is 0 Å². The van der Waals surface area contributed by atoms with E-state index in [4.69, 9.17) is 4.74 Å². The smallest absolute Gasteiger partial charge is 0.309 e. The molecule has 0 saturated heterocycles. The zero-order chi connectivity index (χ0) is 19.8. The van der Waals surface area contributed by atoms with Gasteiger partial charge in [-0.15, -0.1) is 0 Å². The fourth-order valence-electron chi connectivity index (χ4n) is 4.39. The Balaban J connectivity index is 1.69. The lowest BCUT2D eigenvalue weighted by molar-refractivity contribution is -0.159. The van der Waals surface area contributed by atoms with E-state index in [9.17, 15) is 29.4 Å². The number of esters is 1. The van der Waals surface area contributed by atoms with E-state index in [-0.39, 0.29) is 12.4 Å². The molecule has 0 amide bonds. The van der Waals surface area contributed by atoms with Crippen LogP contribution in [0, 0.1) is 23.7 Å². The highest BCUT2D eigenvalue weighted by molar-refractivity contribution is 5.86. The van der Waals surface area contributed by atoms with E-state index >= 15 is 0 Å². The molecule has 0 heterocycles. The van der Waals surface area contributed by atoms with Gasteiger partial charge in [0.15, 0.2) is 0 Å². The number of ether oxygens (including phenoxy) is 1. The van der Waals surface area contributed by atoms with Gasteiger partial charge in [-0.25, -0.2) is 0 Å². The standard InChI is InChI=1S/C20H30O7/c21-17(13-7-1-2-8-14(13)18(22)23)11-5-6-12-27-20(26)16-10-4-3-9-15(16)19(24)25/h13-16H,1-12H2,(H,22,23)(H,24,25). The van der Waals surface area contributed by atoms with Crippen molar-refractivity contribution in [1.82, 2.24) is 0 Å². The van der Waals surface area contributed by atoms with Gasteiger partial charge in [-0.3, -0.25) is 19.2 Å². The molecule has 0 aromatic rings. The number of hydrogen-bond acceptors (Lipinski definition) is 5. The molecule has 27 heavy (non-hydrogen) atoms. The Labute approximate surface area is 159 Å². The average Bonchev–Trinajstić information content (AvgIpc) is 2.67. The zero-order valence-corrected chi connectivity index (χ0v) is 15.7. The number of carboxylic acids is 2. The molecule has 2 N–H and O–H groups in total. The minimum absolute atomic E-state index is 0.00773. The highest BCUT2D eigenvalue weighted by Gasteiger charge is 2.37. The highest BCUT2D eigenvalue weighted by atomic mass is 16.5. The van der Waals surface area contributed by atoms with Gasteiger partial charge in [0, 0.05) is 12.3 Å². The van der Waals surface area contributed by atoms with Gasteiger partial charge in [0.2, 0.25) is 0 Å². The fourth-order valence-corrected chi connectivity index (χ4v) is 4.39. The van der Waals surface area contributed by atoms with Gasteiger partial charge in [0.1, 0.15) is 5.78 Å². The topological polar surface area (TPSA) is 118 Å². The summed E-state index contributed by atoms with van der Waals surface area (Å²) in [5, 5.41) is 18.5. The van der Waals surface area contributed by atoms with Gasteiger partial charge >= 0.3 is 17.9 Å². The molecule has 2 aliphatic carbocycles. The minimum Gasteiger partial charge on any atom is -0.481 e. The SMILES string of the molecule is O=C(O)C1CCCCC1C(=O)CCCCOC(=O)C1CCCCC1C(=O)O. The molecule has 7 heteroatoms. The van der Waals surface area contributed by atoms with Crippen LogP contribution in [0.4, 0.5) is 0 Å². The predicted octanol–water partition coefficient (Wildman–Crippen LogP) is 3.05. The molecular formula is C20H30O7. The van der Waals surface area contributed by atoms with Gasteiger partial charge in [0.05, 0.1) is 24.4 Å². The third-order valence-electron chi connectivity index (χ3n) is 5.94. The molecule has 0 radical (unpaired) electrons. The van der Waals surface area contributed by atoms with Gasteiger partial charge in [-0.2, -0.15) is 0 Å². The van der Waals surface area contributed by atoms with Crippen molar-refractivity contribution in [2.75, 3.05) is 6.61 Å². The number of ketones is 1. The first-order chi connectivity index (χ1) is 12.9. The molecule has 0 aromatic carbocycles. The van der Waals surface area contributed by atoms with Crippen LogP contribution in [0.25, 0.3) is 0 Å². The van der Waals surface area contributed by atoms with Crippen molar-refractivity contribution in [3.8, 4) is 0 Å². The normalized spacial score (nSPS) is 28.3. The summed E-state index contributed by atoms with van der Waals surface area (Å²) in [4.78, 5) is 47.0. The van der Waals surface area contributed by atoms with Crippen molar-refractivity contribution in [3.63, 3.8) is 0 Å². The van der Waals surface area contributed by atoms with Gasteiger partial charge in [-0.1, -0.05) is 25.7 Å². The number of hydrogen-bond donors (Lipinski definition) is 2. The van der Waals surface area contributed by atoms with Crippen molar-refractivity contribution < 1.29 is 34.1 Å². The summed E-state index contributed by atoms with van der Waals surface area (Å²) in [6, 6.07) is 0. The Bertz CT molecular complexity index is 509. The lowest BCUT2D eigenvalue weighted by Gasteiger charge is -2.27. The summed E-state index contributed by atoms with van der Waals surface area (Å²) < 4.78 is 5.24. The number of Topliss-reactive ketones (excluding diaryl/α,β-unsaturated/α-hetero) is 1. The van der Waals surface area contributed by atoms with Crippen molar-refractivity contribution in [2.45, 2.75) is 70.6 Å². The molecule has 4 atom stereocenters. The second kappa shape index (κ2) is 10.4. The second-order valence-electron chi connectivity index (χ2n) is 7.76. The van der Waals surface area contributed by atoms with Crippen LogP contribution in [0.15, 0.2) is 0 Å². The van der Waals surface area contributed by atoms with E-state index in [2.05, 4.69) is 0 Å². The summed E-state index contributed by atoms with van der Waals surface area (Å²) in [5.74, 6) is -4.48. The second-order valence-corrected chi connectivity index (χ2v) is 7.76. The van der Waals surface area contributed by atoms with Crippen LogP contribution in [0.5, 0.6) is 0 Å². The highest BCUT2D eigenvalue weighted by Crippen LogP contribution is 2.33. The maximum atomic E-state index is 12.3. The molecule has 2 fully saturated rings. The Hall–Kier alpha value is -1.92. The molecule has 2 rings (SSSR count). The first-order valence-corrected chi connectivity index (χ1v) is 10.1. The van der Waals surface area contributed by atoms with E-state index in [1.165, 1.54) is 0 Å². The Morgan fingerprint density at radius 2 is 1.19 bits per heavy atom. The number of carboxylic acid groups (broad SMARTS) is 2. The first-order valence-electron chi connectivity index (χ1n) is 10.1. The largest absolute Gasteiger partial charge is 0.481 e. The Morgan fingerprint density at radius 1 is 0.704 bits per heavy atom. The fraction of sp³-hybridized carbons (Fsp3) is 0.800. The third-order valence-corrected chi connectivity index (χ3v) is 5.94. The summed E-state index contributed by atoms with van der Waals surface area (Å²) >= 11 is 0. The maximum Gasteiger partial charge on any atom is 0.309 e. The van der Waals surface area contributed by atoms with E-state index in [1.54, 1.807) is 0 Å². The number of rotatable bonds is 9. The quantitative estimate of drug-likeness (QED) is 0.465. The molecule has 0 aliphatic heterocycles. The van der Waals surface area contributed by atoms with Gasteiger partial charge in [-0.05, 0) is 38.5 Å². The van der Waals surface area contributed by atoms with Crippen LogP contribution in [0.2, 0.25) is 0 Å². The predicted molar refractivity (Wildman–Crippen MR) is 96.0 cm³/mol. The van der Waals surface area contributed by atoms with E-state index < -0.39 is 41.6 Å². The van der Waals surface area contributed by atoms with Crippen molar-refractivity contribution in [1.29, 1.82) is 0 Å². The number of carbonyl (C=O) groups is 4. The van der Waals surface area contributed by atoms with E-state index in [0.29, 0.717) is 44.9 Å². The monoisotopic (exact) mass is 382 g/mol. The molecule has 0 spiro atoms. The molecule has 0 aromatic heterocycles. The van der Waals surface area contributed by atoms with E-state index in [1.807, 2.05) is 0 Å². The Kier molecular flexibility index (Phi) is 8.25. The third kappa shape index (κ3) is 6.04. The molecule has 7 nitrogen and oxygen atoms in total.